The van der Waals surface area contributed by atoms with E-state index in [2.05, 4.69) is 5.32 Å². The Morgan fingerprint density at radius 2 is 2.18 bits per heavy atom. The molecular weight excluding hydrogens is 300 g/mol. The Kier molecular flexibility index (Phi) is 4.20. The molecule has 0 fully saturated rings. The Labute approximate surface area is 133 Å². The first-order chi connectivity index (χ1) is 10.6. The molecule has 2 amide bonds. The summed E-state index contributed by atoms with van der Waals surface area (Å²) in [6.45, 7) is 2.76. The number of hydrogen-bond donors (Lipinski definition) is 1. The van der Waals surface area contributed by atoms with E-state index in [4.69, 9.17) is 9.47 Å². The fourth-order valence-electron chi connectivity index (χ4n) is 2.29. The van der Waals surface area contributed by atoms with E-state index < -0.39 is 0 Å². The summed E-state index contributed by atoms with van der Waals surface area (Å²) >= 11 is 1.64. The van der Waals surface area contributed by atoms with Crippen LogP contribution in [0.3, 0.4) is 0 Å². The molecule has 1 aromatic carbocycles. The minimum atomic E-state index is -0.0985. The van der Waals surface area contributed by atoms with Crippen LogP contribution in [0.2, 0.25) is 0 Å². The number of benzene rings is 1. The Hall–Kier alpha value is -2.21. The van der Waals surface area contributed by atoms with Crippen molar-refractivity contribution in [1.82, 2.24) is 10.2 Å². The summed E-state index contributed by atoms with van der Waals surface area (Å²) in [5, 5.41) is 5.00. The molecule has 0 spiro atoms. The Morgan fingerprint density at radius 1 is 1.36 bits per heavy atom. The van der Waals surface area contributed by atoms with Gasteiger partial charge in [-0.15, -0.1) is 11.3 Å². The number of nitrogens with one attached hydrogen (secondary N) is 1. The second-order valence-corrected chi connectivity index (χ2v) is 6.21. The van der Waals surface area contributed by atoms with Crippen LogP contribution in [0.1, 0.15) is 23.4 Å². The molecule has 1 N–H and O–H groups in total. The molecule has 3 rings (SSSR count). The van der Waals surface area contributed by atoms with Gasteiger partial charge in [-0.1, -0.05) is 12.1 Å². The van der Waals surface area contributed by atoms with E-state index in [1.165, 1.54) is 0 Å². The number of urea groups is 1. The number of rotatable bonds is 4. The maximum Gasteiger partial charge on any atom is 0.317 e. The van der Waals surface area contributed by atoms with Gasteiger partial charge in [0.2, 0.25) is 6.79 Å². The van der Waals surface area contributed by atoms with Crippen molar-refractivity contribution in [1.29, 1.82) is 0 Å². The van der Waals surface area contributed by atoms with Crippen LogP contribution in [-0.2, 0) is 6.54 Å². The van der Waals surface area contributed by atoms with Crippen molar-refractivity contribution in [2.24, 2.45) is 0 Å². The zero-order valence-corrected chi connectivity index (χ0v) is 13.4. The maximum absolute atomic E-state index is 12.3. The number of fused-ring (bicyclic) bond motifs is 1. The lowest BCUT2D eigenvalue weighted by Gasteiger charge is -2.21. The monoisotopic (exact) mass is 318 g/mol. The minimum absolute atomic E-state index is 0.00621. The predicted octanol–water partition coefficient (Wildman–Crippen LogP) is 3.38. The molecular formula is C16H18N2O3S. The summed E-state index contributed by atoms with van der Waals surface area (Å²) in [6.07, 6.45) is 0. The maximum atomic E-state index is 12.3. The van der Waals surface area contributed by atoms with Gasteiger partial charge in [0.15, 0.2) is 11.5 Å². The summed E-state index contributed by atoms with van der Waals surface area (Å²) in [5.41, 5.74) is 1.01. The van der Waals surface area contributed by atoms with Crippen molar-refractivity contribution in [2.45, 2.75) is 19.5 Å². The summed E-state index contributed by atoms with van der Waals surface area (Å²) in [5.74, 6) is 1.49. The SMILES string of the molecule is C[C@@H](NC(=O)N(C)Cc1ccc2c(c1)OCO2)c1cccs1. The first-order valence-corrected chi connectivity index (χ1v) is 7.95. The van der Waals surface area contributed by atoms with E-state index in [0.29, 0.717) is 6.54 Å². The van der Waals surface area contributed by atoms with Crippen LogP contribution in [-0.4, -0.2) is 24.8 Å². The number of ether oxygens (including phenoxy) is 2. The number of amides is 2. The van der Waals surface area contributed by atoms with Crippen LogP contribution >= 0.6 is 11.3 Å². The minimum Gasteiger partial charge on any atom is -0.454 e. The Morgan fingerprint density at radius 3 is 2.95 bits per heavy atom. The molecule has 22 heavy (non-hydrogen) atoms. The third-order valence-corrected chi connectivity index (χ3v) is 4.57. The van der Waals surface area contributed by atoms with Crippen molar-refractivity contribution >= 4 is 17.4 Å². The van der Waals surface area contributed by atoms with Crippen LogP contribution in [0.25, 0.3) is 0 Å². The summed E-state index contributed by atoms with van der Waals surface area (Å²) in [6, 6.07) is 9.64. The molecule has 1 aliphatic rings. The molecule has 0 radical (unpaired) electrons. The number of thiophene rings is 1. The molecule has 1 aliphatic heterocycles. The normalized spacial score (nSPS) is 13.7. The second kappa shape index (κ2) is 6.27. The van der Waals surface area contributed by atoms with Gasteiger partial charge in [-0.3, -0.25) is 0 Å². The van der Waals surface area contributed by atoms with Crippen molar-refractivity contribution in [3.05, 3.63) is 46.2 Å². The van der Waals surface area contributed by atoms with Crippen LogP contribution in [0.5, 0.6) is 11.5 Å². The molecule has 2 heterocycles. The van der Waals surface area contributed by atoms with Crippen molar-refractivity contribution in [3.8, 4) is 11.5 Å². The second-order valence-electron chi connectivity index (χ2n) is 5.23. The van der Waals surface area contributed by atoms with Gasteiger partial charge in [0.25, 0.3) is 0 Å². The Balaban J connectivity index is 1.59. The fraction of sp³-hybridized carbons (Fsp3) is 0.312. The standard InChI is InChI=1S/C16H18N2O3S/c1-11(15-4-3-7-22-15)17-16(19)18(2)9-12-5-6-13-14(8-12)21-10-20-13/h3-8,11H,9-10H2,1-2H3,(H,17,19)/t11-/m1/s1. The fourth-order valence-corrected chi connectivity index (χ4v) is 3.02. The zero-order valence-electron chi connectivity index (χ0n) is 12.5. The van der Waals surface area contributed by atoms with E-state index in [1.807, 2.05) is 42.6 Å². The number of hydrogen-bond acceptors (Lipinski definition) is 4. The topological polar surface area (TPSA) is 50.8 Å². The van der Waals surface area contributed by atoms with Crippen LogP contribution in [0.15, 0.2) is 35.7 Å². The van der Waals surface area contributed by atoms with Gasteiger partial charge in [0, 0.05) is 18.5 Å². The van der Waals surface area contributed by atoms with Crippen molar-refractivity contribution in [3.63, 3.8) is 0 Å². The summed E-state index contributed by atoms with van der Waals surface area (Å²) < 4.78 is 10.6. The highest BCUT2D eigenvalue weighted by molar-refractivity contribution is 7.10. The highest BCUT2D eigenvalue weighted by Gasteiger charge is 2.17. The molecule has 5 nitrogen and oxygen atoms in total. The van der Waals surface area contributed by atoms with Gasteiger partial charge in [0.1, 0.15) is 0 Å². The predicted molar refractivity (Wildman–Crippen MR) is 85.3 cm³/mol. The summed E-state index contributed by atoms with van der Waals surface area (Å²) in [7, 11) is 1.78. The van der Waals surface area contributed by atoms with Crippen LogP contribution in [0, 0.1) is 0 Å². The quantitative estimate of drug-likeness (QED) is 0.940. The van der Waals surface area contributed by atoms with Gasteiger partial charge in [0.05, 0.1) is 6.04 Å². The van der Waals surface area contributed by atoms with Gasteiger partial charge in [-0.25, -0.2) is 4.79 Å². The molecule has 6 heteroatoms. The smallest absolute Gasteiger partial charge is 0.317 e. The molecule has 0 unspecified atom stereocenters. The lowest BCUT2D eigenvalue weighted by Crippen LogP contribution is -2.37. The van der Waals surface area contributed by atoms with Crippen molar-refractivity contribution in [2.75, 3.05) is 13.8 Å². The first-order valence-electron chi connectivity index (χ1n) is 7.07. The third-order valence-electron chi connectivity index (χ3n) is 3.51. The van der Waals surface area contributed by atoms with Crippen LogP contribution in [0.4, 0.5) is 4.79 Å². The molecule has 0 saturated heterocycles. The van der Waals surface area contributed by atoms with E-state index in [0.717, 1.165) is 21.9 Å². The third kappa shape index (κ3) is 3.17. The van der Waals surface area contributed by atoms with Crippen LogP contribution < -0.4 is 14.8 Å². The lowest BCUT2D eigenvalue weighted by molar-refractivity contribution is 0.174. The van der Waals surface area contributed by atoms with Gasteiger partial charge in [-0.05, 0) is 36.1 Å². The van der Waals surface area contributed by atoms with E-state index in [1.54, 1.807) is 23.3 Å². The van der Waals surface area contributed by atoms with Gasteiger partial charge >= 0.3 is 6.03 Å². The largest absolute Gasteiger partial charge is 0.454 e. The van der Waals surface area contributed by atoms with Gasteiger partial charge in [-0.2, -0.15) is 0 Å². The molecule has 116 valence electrons. The molecule has 0 saturated carbocycles. The van der Waals surface area contributed by atoms with E-state index in [9.17, 15) is 4.79 Å². The van der Waals surface area contributed by atoms with E-state index >= 15 is 0 Å². The molecule has 1 aromatic heterocycles. The number of carbonyl (C=O) groups excluding carboxylic acids is 1. The number of nitrogens with zero attached hydrogens (tertiary/aromatic N) is 1. The lowest BCUT2D eigenvalue weighted by atomic mass is 10.2. The first kappa shape index (κ1) is 14.7. The van der Waals surface area contributed by atoms with Crippen molar-refractivity contribution < 1.29 is 14.3 Å². The number of carbonyl (C=O) groups is 1. The Bertz CT molecular complexity index is 657. The van der Waals surface area contributed by atoms with E-state index in [-0.39, 0.29) is 18.9 Å². The van der Waals surface area contributed by atoms with Gasteiger partial charge < -0.3 is 19.7 Å². The average molecular weight is 318 g/mol. The average Bonchev–Trinajstić information content (AvgIpc) is 3.18. The molecule has 1 atom stereocenters. The highest BCUT2D eigenvalue weighted by atomic mass is 32.1. The summed E-state index contributed by atoms with van der Waals surface area (Å²) in [4.78, 5) is 15.0. The molecule has 0 bridgehead atoms. The highest BCUT2D eigenvalue weighted by Crippen LogP contribution is 2.32. The molecule has 0 aliphatic carbocycles. The molecule has 2 aromatic rings. The zero-order chi connectivity index (χ0) is 15.5.